The Bertz CT molecular complexity index is 312. The summed E-state index contributed by atoms with van der Waals surface area (Å²) in [5, 5.41) is 3.41. The van der Waals surface area contributed by atoms with E-state index in [9.17, 15) is 13.2 Å². The molecular formula is C16H33F3N4. The molecule has 4 nitrogen and oxygen atoms in total. The summed E-state index contributed by atoms with van der Waals surface area (Å²) < 4.78 is 39.9. The molecule has 1 aliphatic rings. The van der Waals surface area contributed by atoms with Gasteiger partial charge in [-0.1, -0.05) is 0 Å². The summed E-state index contributed by atoms with van der Waals surface area (Å²) in [6.07, 6.45) is -1.21. The smallest absolute Gasteiger partial charge is 0.317 e. The van der Waals surface area contributed by atoms with E-state index in [1.54, 1.807) is 7.05 Å². The minimum absolute atomic E-state index is 0.139. The predicted molar refractivity (Wildman–Crippen MR) is 88.8 cm³/mol. The van der Waals surface area contributed by atoms with Gasteiger partial charge in [-0.05, 0) is 92.6 Å². The van der Waals surface area contributed by atoms with Crippen LogP contribution >= 0.6 is 0 Å². The van der Waals surface area contributed by atoms with E-state index in [-0.39, 0.29) is 6.42 Å². The molecule has 1 N–H and O–H groups in total. The average molecular weight is 338 g/mol. The lowest BCUT2D eigenvalue weighted by atomic mass is 10.1. The Hall–Kier alpha value is -0.370. The maximum absolute atomic E-state index is 13.3. The number of nitrogens with one attached hydrogen (secondary N) is 1. The third-order valence-electron chi connectivity index (χ3n) is 4.53. The maximum atomic E-state index is 13.3. The second-order valence-corrected chi connectivity index (χ2v) is 6.74. The molecule has 23 heavy (non-hydrogen) atoms. The van der Waals surface area contributed by atoms with Crippen molar-refractivity contribution in [3.8, 4) is 0 Å². The summed E-state index contributed by atoms with van der Waals surface area (Å²) >= 11 is 0. The van der Waals surface area contributed by atoms with E-state index in [2.05, 4.69) is 10.2 Å². The van der Waals surface area contributed by atoms with Crippen LogP contribution in [0.3, 0.4) is 0 Å². The van der Waals surface area contributed by atoms with Gasteiger partial charge in [-0.3, -0.25) is 4.90 Å². The van der Waals surface area contributed by atoms with Crippen molar-refractivity contribution in [2.75, 3.05) is 67.0 Å². The van der Waals surface area contributed by atoms with Crippen molar-refractivity contribution in [1.82, 2.24) is 20.0 Å². The molecule has 1 fully saturated rings. The number of rotatable bonds is 0. The molecule has 1 rings (SSSR count). The molecule has 0 aromatic heterocycles. The number of hydrogen-bond donors (Lipinski definition) is 1. The zero-order chi connectivity index (χ0) is 17.3. The summed E-state index contributed by atoms with van der Waals surface area (Å²) in [4.78, 5) is 5.70. The van der Waals surface area contributed by atoms with Gasteiger partial charge in [0.15, 0.2) is 0 Å². The number of halogens is 3. The highest BCUT2D eigenvalue weighted by Gasteiger charge is 2.41. The van der Waals surface area contributed by atoms with Crippen LogP contribution in [0.1, 0.15) is 25.7 Å². The fourth-order valence-electron chi connectivity index (χ4n) is 3.02. The van der Waals surface area contributed by atoms with Crippen LogP contribution in [0, 0.1) is 0 Å². The molecule has 0 aliphatic carbocycles. The first-order valence-electron chi connectivity index (χ1n) is 8.65. The van der Waals surface area contributed by atoms with Crippen molar-refractivity contribution in [2.45, 2.75) is 37.9 Å². The summed E-state index contributed by atoms with van der Waals surface area (Å²) in [5.74, 6) is 0. The van der Waals surface area contributed by atoms with Crippen molar-refractivity contribution in [3.63, 3.8) is 0 Å². The van der Waals surface area contributed by atoms with Gasteiger partial charge in [0.2, 0.25) is 0 Å². The molecule has 0 spiro atoms. The summed E-state index contributed by atoms with van der Waals surface area (Å²) in [6, 6.07) is -1.35. The Labute approximate surface area is 139 Å². The SMILES string of the molecule is CN1CCCNCCCN(C)CCC(C(F)(F)F)N(C)CCC1. The third-order valence-corrected chi connectivity index (χ3v) is 4.53. The van der Waals surface area contributed by atoms with Crippen LogP contribution < -0.4 is 5.32 Å². The van der Waals surface area contributed by atoms with Crippen LogP contribution in [0.15, 0.2) is 0 Å². The van der Waals surface area contributed by atoms with Crippen LogP contribution in [-0.2, 0) is 0 Å². The van der Waals surface area contributed by atoms with Gasteiger partial charge in [0.1, 0.15) is 6.04 Å². The van der Waals surface area contributed by atoms with Crippen molar-refractivity contribution in [1.29, 1.82) is 0 Å². The Morgan fingerprint density at radius 2 is 1.30 bits per heavy atom. The van der Waals surface area contributed by atoms with Gasteiger partial charge in [0, 0.05) is 0 Å². The zero-order valence-corrected chi connectivity index (χ0v) is 14.8. The highest BCUT2D eigenvalue weighted by atomic mass is 19.4. The molecule has 0 radical (unpaired) electrons. The molecule has 138 valence electrons. The van der Waals surface area contributed by atoms with Crippen molar-refractivity contribution < 1.29 is 13.2 Å². The van der Waals surface area contributed by atoms with Gasteiger partial charge in [-0.15, -0.1) is 0 Å². The quantitative estimate of drug-likeness (QED) is 0.728. The van der Waals surface area contributed by atoms with E-state index in [4.69, 9.17) is 0 Å². The van der Waals surface area contributed by atoms with E-state index in [0.717, 1.165) is 52.0 Å². The minimum atomic E-state index is -4.16. The minimum Gasteiger partial charge on any atom is -0.317 e. The van der Waals surface area contributed by atoms with Gasteiger partial charge in [0.25, 0.3) is 0 Å². The second-order valence-electron chi connectivity index (χ2n) is 6.74. The molecule has 0 aromatic carbocycles. The molecule has 1 saturated heterocycles. The van der Waals surface area contributed by atoms with Crippen LogP contribution in [0.5, 0.6) is 0 Å². The molecular weight excluding hydrogens is 305 g/mol. The molecule has 0 amide bonds. The zero-order valence-electron chi connectivity index (χ0n) is 14.8. The van der Waals surface area contributed by atoms with Gasteiger partial charge >= 0.3 is 6.18 Å². The molecule has 0 saturated carbocycles. The Morgan fingerprint density at radius 3 is 1.87 bits per heavy atom. The third kappa shape index (κ3) is 8.88. The van der Waals surface area contributed by atoms with E-state index < -0.39 is 12.2 Å². The summed E-state index contributed by atoms with van der Waals surface area (Å²) in [6.45, 7) is 5.56. The van der Waals surface area contributed by atoms with Crippen LogP contribution in [0.4, 0.5) is 13.2 Å². The summed E-state index contributed by atoms with van der Waals surface area (Å²) in [5.41, 5.74) is 0. The topological polar surface area (TPSA) is 21.8 Å². The molecule has 1 aliphatic heterocycles. The molecule has 7 heteroatoms. The van der Waals surface area contributed by atoms with Crippen LogP contribution in [-0.4, -0.2) is 93.9 Å². The second kappa shape index (κ2) is 10.5. The molecule has 0 bridgehead atoms. The number of hydrogen-bond acceptors (Lipinski definition) is 4. The first-order valence-corrected chi connectivity index (χ1v) is 8.65. The van der Waals surface area contributed by atoms with Crippen molar-refractivity contribution >= 4 is 0 Å². The Balaban J connectivity index is 2.60. The lowest BCUT2D eigenvalue weighted by Crippen LogP contribution is -2.46. The Morgan fingerprint density at radius 1 is 0.783 bits per heavy atom. The van der Waals surface area contributed by atoms with Gasteiger partial charge in [-0.25, -0.2) is 0 Å². The highest BCUT2D eigenvalue weighted by Crippen LogP contribution is 2.26. The van der Waals surface area contributed by atoms with E-state index in [1.807, 2.05) is 19.0 Å². The molecule has 1 heterocycles. The summed E-state index contributed by atoms with van der Waals surface area (Å²) in [7, 11) is 5.55. The molecule has 1 atom stereocenters. The van der Waals surface area contributed by atoms with Crippen LogP contribution in [0.25, 0.3) is 0 Å². The number of alkyl halides is 3. The first kappa shape index (κ1) is 20.7. The fraction of sp³-hybridized carbons (Fsp3) is 1.00. The maximum Gasteiger partial charge on any atom is 0.404 e. The Kier molecular flexibility index (Phi) is 9.43. The van der Waals surface area contributed by atoms with Gasteiger partial charge < -0.3 is 15.1 Å². The highest BCUT2D eigenvalue weighted by molar-refractivity contribution is 4.78. The van der Waals surface area contributed by atoms with E-state index in [0.29, 0.717) is 13.1 Å². The largest absolute Gasteiger partial charge is 0.404 e. The number of nitrogens with zero attached hydrogens (tertiary/aromatic N) is 3. The lowest BCUT2D eigenvalue weighted by Gasteiger charge is -2.32. The fourth-order valence-corrected chi connectivity index (χ4v) is 3.02. The monoisotopic (exact) mass is 338 g/mol. The molecule has 0 aromatic rings. The van der Waals surface area contributed by atoms with Crippen molar-refractivity contribution in [2.24, 2.45) is 0 Å². The van der Waals surface area contributed by atoms with E-state index in [1.165, 1.54) is 4.90 Å². The first-order chi connectivity index (χ1) is 10.8. The molecule has 1 unspecified atom stereocenters. The van der Waals surface area contributed by atoms with Crippen molar-refractivity contribution in [3.05, 3.63) is 0 Å². The van der Waals surface area contributed by atoms with Crippen LogP contribution in [0.2, 0.25) is 0 Å². The van der Waals surface area contributed by atoms with E-state index >= 15 is 0 Å². The lowest BCUT2D eigenvalue weighted by molar-refractivity contribution is -0.182. The normalized spacial score (nSPS) is 27.1. The average Bonchev–Trinajstić information content (AvgIpc) is 2.44. The van der Waals surface area contributed by atoms with Gasteiger partial charge in [0.05, 0.1) is 0 Å². The standard InChI is InChI=1S/C16H33F3N4/c1-21-10-4-8-20-9-5-11-22(2)14-7-15(16(17,18)19)23(3)13-6-12-21/h15,20H,4-14H2,1-3H3. The van der Waals surface area contributed by atoms with Gasteiger partial charge in [-0.2, -0.15) is 13.2 Å². The predicted octanol–water partition coefficient (Wildman–Crippen LogP) is 1.88.